The molecule has 0 bridgehead atoms. The predicted molar refractivity (Wildman–Crippen MR) is 88.1 cm³/mol. The van der Waals surface area contributed by atoms with Crippen LogP contribution < -0.4 is 4.74 Å². The molecule has 1 aromatic carbocycles. The number of hydrogen-bond donors (Lipinski definition) is 0. The summed E-state index contributed by atoms with van der Waals surface area (Å²) in [5.74, 6) is -0.864. The molecule has 0 spiro atoms. The minimum atomic E-state index is -4.68. The first kappa shape index (κ1) is 18.3. The average Bonchev–Trinajstić information content (AvgIpc) is 2.68. The molecule has 0 aliphatic rings. The van der Waals surface area contributed by atoms with E-state index in [1.165, 1.54) is 43.6 Å². The van der Waals surface area contributed by atoms with Gasteiger partial charge in [-0.25, -0.2) is 9.78 Å². The van der Waals surface area contributed by atoms with E-state index in [9.17, 15) is 18.0 Å². The van der Waals surface area contributed by atoms with Crippen molar-refractivity contribution in [2.24, 2.45) is 0 Å². The maximum Gasteiger partial charge on any atom is 0.433 e. The molecule has 0 aliphatic carbocycles. The van der Waals surface area contributed by atoms with Gasteiger partial charge < -0.3 is 9.47 Å². The standard InChI is InChI=1S/C18H12F3N3O3/c1-26-17(25)11-5-7-12(8-6-11)27-15-10-14(18(19,20)21)23-16(24-15)13-4-2-3-9-22-13/h2-10H,1H3. The zero-order chi connectivity index (χ0) is 19.4. The number of ether oxygens (including phenoxy) is 2. The van der Waals surface area contributed by atoms with E-state index in [2.05, 4.69) is 19.7 Å². The minimum absolute atomic E-state index is 0.175. The zero-order valence-corrected chi connectivity index (χ0v) is 13.9. The third-order valence-electron chi connectivity index (χ3n) is 3.38. The number of benzene rings is 1. The van der Waals surface area contributed by atoms with E-state index in [0.717, 1.165) is 0 Å². The number of carbonyl (C=O) groups excluding carboxylic acids is 1. The highest BCUT2D eigenvalue weighted by molar-refractivity contribution is 5.89. The number of hydrogen-bond acceptors (Lipinski definition) is 6. The van der Waals surface area contributed by atoms with Crippen LogP contribution >= 0.6 is 0 Å². The maximum absolute atomic E-state index is 13.2. The minimum Gasteiger partial charge on any atom is -0.465 e. The summed E-state index contributed by atoms with van der Waals surface area (Å²) < 4.78 is 49.5. The van der Waals surface area contributed by atoms with Crippen molar-refractivity contribution < 1.29 is 27.4 Å². The average molecular weight is 375 g/mol. The Hall–Kier alpha value is -3.49. The molecule has 3 aromatic rings. The van der Waals surface area contributed by atoms with Gasteiger partial charge in [0.05, 0.1) is 12.7 Å². The fourth-order valence-electron chi connectivity index (χ4n) is 2.13. The van der Waals surface area contributed by atoms with E-state index >= 15 is 0 Å². The largest absolute Gasteiger partial charge is 0.465 e. The van der Waals surface area contributed by atoms with Gasteiger partial charge in [0.1, 0.15) is 11.4 Å². The molecule has 6 nitrogen and oxygen atoms in total. The first-order valence-electron chi connectivity index (χ1n) is 7.61. The second kappa shape index (κ2) is 7.40. The molecule has 27 heavy (non-hydrogen) atoms. The maximum atomic E-state index is 13.2. The molecule has 2 aromatic heterocycles. The van der Waals surface area contributed by atoms with Crippen LogP contribution in [0.4, 0.5) is 13.2 Å². The lowest BCUT2D eigenvalue weighted by molar-refractivity contribution is -0.141. The Morgan fingerprint density at radius 1 is 1.04 bits per heavy atom. The van der Waals surface area contributed by atoms with Crippen molar-refractivity contribution in [1.82, 2.24) is 15.0 Å². The number of nitrogens with zero attached hydrogens (tertiary/aromatic N) is 3. The van der Waals surface area contributed by atoms with Gasteiger partial charge in [-0.05, 0) is 36.4 Å². The monoisotopic (exact) mass is 375 g/mol. The van der Waals surface area contributed by atoms with E-state index in [4.69, 9.17) is 4.74 Å². The fraction of sp³-hybridized carbons (Fsp3) is 0.111. The fourth-order valence-corrected chi connectivity index (χ4v) is 2.13. The molecule has 0 atom stereocenters. The van der Waals surface area contributed by atoms with Gasteiger partial charge in [0.15, 0.2) is 11.5 Å². The van der Waals surface area contributed by atoms with Crippen LogP contribution in [-0.2, 0) is 10.9 Å². The summed E-state index contributed by atoms with van der Waals surface area (Å²) in [5, 5.41) is 0. The van der Waals surface area contributed by atoms with E-state index in [0.29, 0.717) is 6.07 Å². The molecule has 0 saturated carbocycles. The number of rotatable bonds is 4. The van der Waals surface area contributed by atoms with Gasteiger partial charge in [0, 0.05) is 12.3 Å². The first-order valence-corrected chi connectivity index (χ1v) is 7.61. The summed E-state index contributed by atoms with van der Waals surface area (Å²) in [6.07, 6.45) is -3.26. The lowest BCUT2D eigenvalue weighted by Crippen LogP contribution is -2.10. The highest BCUT2D eigenvalue weighted by Crippen LogP contribution is 2.32. The molecular weight excluding hydrogens is 363 g/mol. The summed E-state index contributed by atoms with van der Waals surface area (Å²) in [5.41, 5.74) is -0.702. The Balaban J connectivity index is 1.96. The quantitative estimate of drug-likeness (QED) is 0.638. The summed E-state index contributed by atoms with van der Waals surface area (Å²) in [7, 11) is 1.24. The Morgan fingerprint density at radius 2 is 1.78 bits per heavy atom. The van der Waals surface area contributed by atoms with E-state index in [1.807, 2.05) is 0 Å². The van der Waals surface area contributed by atoms with Gasteiger partial charge in [-0.2, -0.15) is 18.2 Å². The summed E-state index contributed by atoms with van der Waals surface area (Å²) in [6.45, 7) is 0. The van der Waals surface area contributed by atoms with Crippen molar-refractivity contribution in [3.63, 3.8) is 0 Å². The number of alkyl halides is 3. The lowest BCUT2D eigenvalue weighted by Gasteiger charge is -2.11. The topological polar surface area (TPSA) is 74.2 Å². The van der Waals surface area contributed by atoms with Crippen molar-refractivity contribution in [1.29, 1.82) is 0 Å². The summed E-state index contributed by atoms with van der Waals surface area (Å²) >= 11 is 0. The highest BCUT2D eigenvalue weighted by Gasteiger charge is 2.34. The van der Waals surface area contributed by atoms with Crippen LogP contribution in [0.5, 0.6) is 11.6 Å². The molecule has 2 heterocycles. The summed E-state index contributed by atoms with van der Waals surface area (Å²) in [4.78, 5) is 22.9. The van der Waals surface area contributed by atoms with Crippen LogP contribution in [0.2, 0.25) is 0 Å². The third-order valence-corrected chi connectivity index (χ3v) is 3.38. The van der Waals surface area contributed by atoms with Gasteiger partial charge in [-0.3, -0.25) is 4.98 Å². The van der Waals surface area contributed by atoms with Crippen molar-refractivity contribution in [2.75, 3.05) is 7.11 Å². The molecule has 0 saturated heterocycles. The Bertz CT molecular complexity index is 946. The smallest absolute Gasteiger partial charge is 0.433 e. The lowest BCUT2D eigenvalue weighted by atomic mass is 10.2. The zero-order valence-electron chi connectivity index (χ0n) is 13.9. The van der Waals surface area contributed by atoms with Crippen LogP contribution in [0.15, 0.2) is 54.7 Å². The van der Waals surface area contributed by atoms with Gasteiger partial charge in [-0.15, -0.1) is 0 Å². The van der Waals surface area contributed by atoms with E-state index in [1.54, 1.807) is 12.1 Å². The number of pyridine rings is 1. The highest BCUT2D eigenvalue weighted by atomic mass is 19.4. The number of halogens is 3. The van der Waals surface area contributed by atoms with Crippen LogP contribution in [0.3, 0.4) is 0 Å². The van der Waals surface area contributed by atoms with Gasteiger partial charge in [0.25, 0.3) is 0 Å². The molecule has 0 aliphatic heterocycles. The van der Waals surface area contributed by atoms with Crippen LogP contribution in [0.1, 0.15) is 16.1 Å². The van der Waals surface area contributed by atoms with Gasteiger partial charge in [0.2, 0.25) is 5.88 Å². The van der Waals surface area contributed by atoms with Crippen molar-refractivity contribution in [3.8, 4) is 23.1 Å². The van der Waals surface area contributed by atoms with E-state index < -0.39 is 17.8 Å². The van der Waals surface area contributed by atoms with Crippen LogP contribution in [0, 0.1) is 0 Å². The molecule has 0 radical (unpaired) electrons. The van der Waals surface area contributed by atoms with Gasteiger partial charge in [-0.1, -0.05) is 6.07 Å². The number of methoxy groups -OCH3 is 1. The first-order chi connectivity index (χ1) is 12.9. The Labute approximate surface area is 151 Å². The normalized spacial score (nSPS) is 11.1. The number of aromatic nitrogens is 3. The second-order valence-corrected chi connectivity index (χ2v) is 5.25. The molecule has 0 unspecified atom stereocenters. The molecule has 138 valence electrons. The second-order valence-electron chi connectivity index (χ2n) is 5.25. The van der Waals surface area contributed by atoms with Crippen molar-refractivity contribution in [3.05, 3.63) is 66.0 Å². The molecule has 0 N–H and O–H groups in total. The molecule has 0 fully saturated rings. The van der Waals surface area contributed by atoms with Crippen molar-refractivity contribution >= 4 is 5.97 Å². The Morgan fingerprint density at radius 3 is 2.37 bits per heavy atom. The predicted octanol–water partition coefficient (Wildman–Crippen LogP) is 4.14. The summed E-state index contributed by atoms with van der Waals surface area (Å²) in [6, 6.07) is 11.1. The number of esters is 1. The SMILES string of the molecule is COC(=O)c1ccc(Oc2cc(C(F)(F)F)nc(-c3ccccn3)n2)cc1. The Kier molecular flexibility index (Phi) is 5.02. The number of carbonyl (C=O) groups is 1. The molecule has 9 heteroatoms. The molecular formula is C18H12F3N3O3. The molecule has 3 rings (SSSR count). The van der Waals surface area contributed by atoms with Gasteiger partial charge >= 0.3 is 12.1 Å². The van der Waals surface area contributed by atoms with Crippen LogP contribution in [-0.4, -0.2) is 28.0 Å². The molecule has 0 amide bonds. The third kappa shape index (κ3) is 4.38. The van der Waals surface area contributed by atoms with E-state index in [-0.39, 0.29) is 28.7 Å². The van der Waals surface area contributed by atoms with Crippen LogP contribution in [0.25, 0.3) is 11.5 Å². The van der Waals surface area contributed by atoms with Crippen molar-refractivity contribution in [2.45, 2.75) is 6.18 Å².